The monoisotopic (exact) mass is 272 g/mol. The molecule has 0 fully saturated rings. The highest BCUT2D eigenvalue weighted by atomic mass is 35.5. The highest BCUT2D eigenvalue weighted by Gasteiger charge is 2.10. The second-order valence-electron chi connectivity index (χ2n) is 3.74. The van der Waals surface area contributed by atoms with Crippen LogP contribution in [0.5, 0.6) is 0 Å². The second kappa shape index (κ2) is 7.13. The molecule has 7 heteroatoms. The number of halogens is 1. The maximum atomic E-state index is 10.7. The van der Waals surface area contributed by atoms with Crippen molar-refractivity contribution in [2.45, 2.75) is 13.8 Å². The van der Waals surface area contributed by atoms with Crippen LogP contribution in [0.15, 0.2) is 12.1 Å². The summed E-state index contributed by atoms with van der Waals surface area (Å²) in [6.45, 7) is 7.65. The van der Waals surface area contributed by atoms with Crippen molar-refractivity contribution in [2.24, 2.45) is 0 Å². The van der Waals surface area contributed by atoms with Gasteiger partial charge in [0.05, 0.1) is 17.1 Å². The molecule has 0 aliphatic carbocycles. The van der Waals surface area contributed by atoms with Gasteiger partial charge in [0, 0.05) is 13.1 Å². The third-order valence-corrected chi connectivity index (χ3v) is 2.81. The van der Waals surface area contributed by atoms with Gasteiger partial charge in [-0.3, -0.25) is 10.1 Å². The van der Waals surface area contributed by atoms with Crippen LogP contribution in [0.4, 0.5) is 11.5 Å². The molecule has 0 unspecified atom stereocenters. The molecule has 0 spiro atoms. The molecule has 100 valence electrons. The van der Waals surface area contributed by atoms with Crippen LogP contribution in [0, 0.1) is 10.1 Å². The van der Waals surface area contributed by atoms with Crippen molar-refractivity contribution >= 4 is 23.1 Å². The van der Waals surface area contributed by atoms with Crippen LogP contribution in [-0.2, 0) is 0 Å². The van der Waals surface area contributed by atoms with Gasteiger partial charge >= 0.3 is 0 Å². The third kappa shape index (κ3) is 4.46. The Labute approximate surface area is 111 Å². The minimum atomic E-state index is -0.483. The van der Waals surface area contributed by atoms with E-state index in [4.69, 9.17) is 11.6 Å². The lowest BCUT2D eigenvalue weighted by Crippen LogP contribution is -2.28. The van der Waals surface area contributed by atoms with E-state index < -0.39 is 4.92 Å². The van der Waals surface area contributed by atoms with E-state index in [1.54, 1.807) is 0 Å². The first-order chi connectivity index (χ1) is 8.56. The van der Waals surface area contributed by atoms with E-state index in [9.17, 15) is 10.1 Å². The van der Waals surface area contributed by atoms with E-state index in [0.717, 1.165) is 19.6 Å². The zero-order chi connectivity index (χ0) is 13.5. The van der Waals surface area contributed by atoms with Crippen LogP contribution in [0.3, 0.4) is 0 Å². The van der Waals surface area contributed by atoms with E-state index in [1.165, 1.54) is 12.1 Å². The number of likely N-dealkylation sites (N-methyl/N-ethyl adjacent to an activating group) is 1. The molecule has 0 radical (unpaired) electrons. The summed E-state index contributed by atoms with van der Waals surface area (Å²) in [5.74, 6) is 0.432. The molecule has 0 amide bonds. The Morgan fingerprint density at radius 1 is 1.44 bits per heavy atom. The SMILES string of the molecule is CCN(CC)CCNc1cc([N+](=O)[O-])cc(Cl)n1. The normalized spacial score (nSPS) is 10.7. The van der Waals surface area contributed by atoms with Gasteiger partial charge in [-0.2, -0.15) is 0 Å². The Bertz CT molecular complexity index is 410. The first kappa shape index (κ1) is 14.7. The first-order valence-electron chi connectivity index (χ1n) is 5.85. The van der Waals surface area contributed by atoms with Crippen molar-refractivity contribution in [3.63, 3.8) is 0 Å². The lowest BCUT2D eigenvalue weighted by molar-refractivity contribution is -0.384. The Morgan fingerprint density at radius 3 is 2.67 bits per heavy atom. The summed E-state index contributed by atoms with van der Waals surface area (Å²) in [5, 5.41) is 13.8. The van der Waals surface area contributed by atoms with Crippen molar-refractivity contribution in [1.82, 2.24) is 9.88 Å². The molecule has 0 aromatic carbocycles. The predicted molar refractivity (Wildman–Crippen MR) is 72.2 cm³/mol. The van der Waals surface area contributed by atoms with E-state index >= 15 is 0 Å². The molecular formula is C11H17ClN4O2. The lowest BCUT2D eigenvalue weighted by atomic mass is 10.4. The molecule has 1 N–H and O–H groups in total. The average molecular weight is 273 g/mol. The molecule has 0 aliphatic rings. The second-order valence-corrected chi connectivity index (χ2v) is 4.13. The molecule has 0 bridgehead atoms. The third-order valence-electron chi connectivity index (χ3n) is 2.62. The van der Waals surface area contributed by atoms with Gasteiger partial charge in [0.1, 0.15) is 11.0 Å². The molecule has 1 rings (SSSR count). The maximum Gasteiger partial charge on any atom is 0.276 e. The van der Waals surface area contributed by atoms with Crippen LogP contribution in [0.1, 0.15) is 13.8 Å². The van der Waals surface area contributed by atoms with E-state index in [2.05, 4.69) is 29.0 Å². The summed E-state index contributed by atoms with van der Waals surface area (Å²) in [6.07, 6.45) is 0. The fraction of sp³-hybridized carbons (Fsp3) is 0.545. The van der Waals surface area contributed by atoms with Crippen LogP contribution in [0.2, 0.25) is 5.15 Å². The number of hydrogen-bond acceptors (Lipinski definition) is 5. The zero-order valence-electron chi connectivity index (χ0n) is 10.5. The van der Waals surface area contributed by atoms with Crippen LogP contribution in [0.25, 0.3) is 0 Å². The summed E-state index contributed by atoms with van der Waals surface area (Å²) in [5.41, 5.74) is -0.0552. The highest BCUT2D eigenvalue weighted by molar-refractivity contribution is 6.29. The molecule has 1 heterocycles. The molecule has 0 atom stereocenters. The van der Waals surface area contributed by atoms with Gasteiger partial charge in [-0.05, 0) is 13.1 Å². The van der Waals surface area contributed by atoms with Gasteiger partial charge in [0.2, 0.25) is 0 Å². The molecule has 1 aromatic heterocycles. The number of rotatable bonds is 7. The van der Waals surface area contributed by atoms with Crippen molar-refractivity contribution in [2.75, 3.05) is 31.5 Å². The Hall–Kier alpha value is -1.40. The summed E-state index contributed by atoms with van der Waals surface area (Å²) in [6, 6.07) is 2.62. The molecule has 6 nitrogen and oxygen atoms in total. The summed E-state index contributed by atoms with van der Waals surface area (Å²) < 4.78 is 0. The van der Waals surface area contributed by atoms with Gasteiger partial charge in [-0.25, -0.2) is 4.98 Å². The Balaban J connectivity index is 2.59. The number of aromatic nitrogens is 1. The predicted octanol–water partition coefficient (Wildman–Crippen LogP) is 2.40. The number of nitro groups is 1. The number of hydrogen-bond donors (Lipinski definition) is 1. The van der Waals surface area contributed by atoms with Gasteiger partial charge in [0.25, 0.3) is 5.69 Å². The summed E-state index contributed by atoms with van der Waals surface area (Å²) in [7, 11) is 0. The van der Waals surface area contributed by atoms with Gasteiger partial charge in [-0.15, -0.1) is 0 Å². The standard InChI is InChI=1S/C11H17ClN4O2/c1-3-15(4-2)6-5-13-11-8-9(16(17)18)7-10(12)14-11/h7-8H,3-6H2,1-2H3,(H,13,14). The fourth-order valence-corrected chi connectivity index (χ4v) is 1.76. The smallest absolute Gasteiger partial charge is 0.276 e. The number of nitrogens with zero attached hydrogens (tertiary/aromatic N) is 3. The minimum absolute atomic E-state index is 0.0552. The number of nitrogens with one attached hydrogen (secondary N) is 1. The van der Waals surface area contributed by atoms with Crippen LogP contribution >= 0.6 is 11.6 Å². The Morgan fingerprint density at radius 2 is 2.11 bits per heavy atom. The first-order valence-corrected chi connectivity index (χ1v) is 6.22. The van der Waals surface area contributed by atoms with Crippen LogP contribution in [-0.4, -0.2) is 41.0 Å². The summed E-state index contributed by atoms with van der Waals surface area (Å²) in [4.78, 5) is 16.4. The largest absolute Gasteiger partial charge is 0.369 e. The maximum absolute atomic E-state index is 10.7. The zero-order valence-corrected chi connectivity index (χ0v) is 11.3. The van der Waals surface area contributed by atoms with Gasteiger partial charge in [-0.1, -0.05) is 25.4 Å². The van der Waals surface area contributed by atoms with E-state index in [1.807, 2.05) is 0 Å². The fourth-order valence-electron chi connectivity index (χ4n) is 1.56. The summed E-state index contributed by atoms with van der Waals surface area (Å²) >= 11 is 5.72. The molecule has 0 saturated carbocycles. The molecular weight excluding hydrogens is 256 g/mol. The van der Waals surface area contributed by atoms with Crippen molar-refractivity contribution in [3.05, 3.63) is 27.4 Å². The molecule has 1 aromatic rings. The van der Waals surface area contributed by atoms with E-state index in [0.29, 0.717) is 12.4 Å². The Kier molecular flexibility index (Phi) is 5.80. The van der Waals surface area contributed by atoms with Crippen molar-refractivity contribution in [3.8, 4) is 0 Å². The highest BCUT2D eigenvalue weighted by Crippen LogP contribution is 2.20. The lowest BCUT2D eigenvalue weighted by Gasteiger charge is -2.18. The van der Waals surface area contributed by atoms with Gasteiger partial charge < -0.3 is 10.2 Å². The van der Waals surface area contributed by atoms with Crippen LogP contribution < -0.4 is 5.32 Å². The topological polar surface area (TPSA) is 71.3 Å². The van der Waals surface area contributed by atoms with Crippen molar-refractivity contribution < 1.29 is 4.92 Å². The molecule has 0 aliphatic heterocycles. The van der Waals surface area contributed by atoms with Gasteiger partial charge in [0.15, 0.2) is 0 Å². The number of anilines is 1. The molecule has 0 saturated heterocycles. The number of pyridine rings is 1. The quantitative estimate of drug-likeness (QED) is 0.469. The van der Waals surface area contributed by atoms with Crippen molar-refractivity contribution in [1.29, 1.82) is 0 Å². The van der Waals surface area contributed by atoms with E-state index in [-0.39, 0.29) is 10.8 Å². The average Bonchev–Trinajstić information content (AvgIpc) is 2.34. The molecule has 18 heavy (non-hydrogen) atoms. The minimum Gasteiger partial charge on any atom is -0.369 e.